The summed E-state index contributed by atoms with van der Waals surface area (Å²) in [5.74, 6) is 0.329. The van der Waals surface area contributed by atoms with Crippen molar-refractivity contribution in [3.05, 3.63) is 103 Å². The molecule has 146 valence electrons. The molecule has 1 N–H and O–H groups in total. The Labute approximate surface area is 172 Å². The molecule has 5 rings (SSSR count). The number of nitrogens with one attached hydrogen (secondary N) is 1. The Balaban J connectivity index is 1.49. The number of rotatable bonds is 5. The van der Waals surface area contributed by atoms with Gasteiger partial charge in [0.15, 0.2) is 11.5 Å². The number of carbonyl (C=O) groups is 1. The Hall–Kier alpha value is -4.26. The third kappa shape index (κ3) is 3.44. The third-order valence-electron chi connectivity index (χ3n) is 4.75. The summed E-state index contributed by atoms with van der Waals surface area (Å²) >= 11 is 0. The van der Waals surface area contributed by atoms with Crippen LogP contribution in [0.15, 0.2) is 91.8 Å². The number of pyridine rings is 2. The number of nitrogens with zero attached hydrogens (tertiary/aromatic N) is 5. The van der Waals surface area contributed by atoms with E-state index in [4.69, 9.17) is 0 Å². The van der Waals surface area contributed by atoms with Gasteiger partial charge in [0.05, 0.1) is 23.7 Å². The number of benzene rings is 1. The van der Waals surface area contributed by atoms with Crippen molar-refractivity contribution in [3.63, 3.8) is 0 Å². The zero-order valence-electron chi connectivity index (χ0n) is 16.0. The first-order chi connectivity index (χ1) is 14.8. The van der Waals surface area contributed by atoms with Crippen LogP contribution in [0, 0.1) is 0 Å². The SMILES string of the molecule is O=C(Nc1cccnc1)c1nc(-c2cn(Cc3ccccc3)cn2)n2ccccc12. The molecule has 4 heterocycles. The lowest BCUT2D eigenvalue weighted by atomic mass is 10.2. The van der Waals surface area contributed by atoms with Gasteiger partial charge in [-0.1, -0.05) is 36.4 Å². The van der Waals surface area contributed by atoms with Crippen molar-refractivity contribution in [2.75, 3.05) is 5.32 Å². The molecule has 1 amide bonds. The number of anilines is 1. The maximum Gasteiger partial charge on any atom is 0.276 e. The maximum atomic E-state index is 12.9. The van der Waals surface area contributed by atoms with Crippen LogP contribution in [0.1, 0.15) is 16.1 Å². The van der Waals surface area contributed by atoms with Gasteiger partial charge in [-0.25, -0.2) is 9.97 Å². The summed E-state index contributed by atoms with van der Waals surface area (Å²) in [6.45, 7) is 0.714. The number of hydrogen-bond donors (Lipinski definition) is 1. The molecule has 1 aromatic carbocycles. The number of carbonyl (C=O) groups excluding carboxylic acids is 1. The van der Waals surface area contributed by atoms with Crippen molar-refractivity contribution < 1.29 is 4.79 Å². The van der Waals surface area contributed by atoms with Crippen molar-refractivity contribution in [1.29, 1.82) is 0 Å². The topological polar surface area (TPSA) is 77.1 Å². The average Bonchev–Trinajstić information content (AvgIpc) is 3.40. The van der Waals surface area contributed by atoms with Crippen LogP contribution >= 0.6 is 0 Å². The first kappa shape index (κ1) is 17.8. The molecule has 0 radical (unpaired) electrons. The molecule has 0 aliphatic heterocycles. The standard InChI is InChI=1S/C23H18N6O/c30-23(26-18-9-6-11-24-13-18)21-20-10-4-5-12-29(20)22(27-21)19-15-28(16-25-19)14-17-7-2-1-3-8-17/h1-13,15-16H,14H2,(H,26,30). The van der Waals surface area contributed by atoms with Gasteiger partial charge in [0.2, 0.25) is 0 Å². The molecule has 0 saturated carbocycles. The van der Waals surface area contributed by atoms with Crippen molar-refractivity contribution >= 4 is 17.1 Å². The van der Waals surface area contributed by atoms with Gasteiger partial charge in [-0.3, -0.25) is 14.2 Å². The molecular weight excluding hydrogens is 376 g/mol. The minimum absolute atomic E-state index is 0.290. The predicted molar refractivity (Wildman–Crippen MR) is 114 cm³/mol. The summed E-state index contributed by atoms with van der Waals surface area (Å²) in [7, 11) is 0. The predicted octanol–water partition coefficient (Wildman–Crippen LogP) is 3.89. The normalized spacial score (nSPS) is 10.9. The van der Waals surface area contributed by atoms with E-state index in [0.717, 1.165) is 0 Å². The van der Waals surface area contributed by atoms with Crippen LogP contribution in [0.25, 0.3) is 17.0 Å². The van der Waals surface area contributed by atoms with Crippen molar-refractivity contribution in [2.45, 2.75) is 6.54 Å². The Bertz CT molecular complexity index is 1310. The van der Waals surface area contributed by atoms with Crippen molar-refractivity contribution in [1.82, 2.24) is 23.9 Å². The fourth-order valence-electron chi connectivity index (χ4n) is 3.37. The Kier molecular flexibility index (Phi) is 4.53. The number of hydrogen-bond acceptors (Lipinski definition) is 4. The molecule has 30 heavy (non-hydrogen) atoms. The van der Waals surface area contributed by atoms with Crippen LogP contribution in [0.4, 0.5) is 5.69 Å². The van der Waals surface area contributed by atoms with E-state index in [1.165, 1.54) is 5.56 Å². The van der Waals surface area contributed by atoms with Gasteiger partial charge in [0.25, 0.3) is 5.91 Å². The van der Waals surface area contributed by atoms with E-state index in [0.29, 0.717) is 35.0 Å². The Morgan fingerprint density at radius 3 is 2.70 bits per heavy atom. The van der Waals surface area contributed by atoms with Crippen LogP contribution < -0.4 is 5.32 Å². The number of fused-ring (bicyclic) bond motifs is 1. The van der Waals surface area contributed by atoms with E-state index in [9.17, 15) is 4.79 Å². The van der Waals surface area contributed by atoms with Gasteiger partial charge in [-0.15, -0.1) is 0 Å². The largest absolute Gasteiger partial charge is 0.332 e. The van der Waals surface area contributed by atoms with Crippen LogP contribution in [0.5, 0.6) is 0 Å². The maximum absolute atomic E-state index is 12.9. The molecule has 4 aromatic heterocycles. The molecule has 0 fully saturated rings. The summed E-state index contributed by atoms with van der Waals surface area (Å²) in [5, 5.41) is 2.85. The van der Waals surface area contributed by atoms with Gasteiger partial charge in [0, 0.05) is 25.1 Å². The molecule has 7 heteroatoms. The van der Waals surface area contributed by atoms with Crippen LogP contribution in [-0.4, -0.2) is 29.8 Å². The third-order valence-corrected chi connectivity index (χ3v) is 4.75. The molecule has 0 atom stereocenters. The molecule has 0 spiro atoms. The zero-order valence-corrected chi connectivity index (χ0v) is 16.0. The van der Waals surface area contributed by atoms with E-state index < -0.39 is 0 Å². The summed E-state index contributed by atoms with van der Waals surface area (Å²) in [4.78, 5) is 26.1. The van der Waals surface area contributed by atoms with Gasteiger partial charge >= 0.3 is 0 Å². The van der Waals surface area contributed by atoms with E-state index in [2.05, 4.69) is 32.4 Å². The van der Waals surface area contributed by atoms with E-state index in [1.54, 1.807) is 30.9 Å². The first-order valence-corrected chi connectivity index (χ1v) is 9.52. The number of aromatic nitrogens is 5. The quantitative estimate of drug-likeness (QED) is 0.491. The lowest BCUT2D eigenvalue weighted by Gasteiger charge is -2.02. The smallest absolute Gasteiger partial charge is 0.276 e. The second kappa shape index (κ2) is 7.63. The van der Waals surface area contributed by atoms with Crippen LogP contribution in [0.2, 0.25) is 0 Å². The molecule has 5 aromatic rings. The second-order valence-electron chi connectivity index (χ2n) is 6.85. The Morgan fingerprint density at radius 2 is 1.87 bits per heavy atom. The molecule has 0 aliphatic rings. The molecular formula is C23H18N6O. The molecule has 7 nitrogen and oxygen atoms in total. The average molecular weight is 394 g/mol. The van der Waals surface area contributed by atoms with E-state index >= 15 is 0 Å². The molecule has 0 saturated heterocycles. The minimum atomic E-state index is -0.290. The van der Waals surface area contributed by atoms with E-state index in [1.807, 2.05) is 57.8 Å². The highest BCUT2D eigenvalue weighted by Crippen LogP contribution is 2.22. The lowest BCUT2D eigenvalue weighted by Crippen LogP contribution is -2.12. The van der Waals surface area contributed by atoms with Gasteiger partial charge in [-0.05, 0) is 29.8 Å². The number of imidazole rings is 2. The van der Waals surface area contributed by atoms with Gasteiger partial charge in [-0.2, -0.15) is 0 Å². The minimum Gasteiger partial charge on any atom is -0.332 e. The number of amides is 1. The van der Waals surface area contributed by atoms with Crippen LogP contribution in [0.3, 0.4) is 0 Å². The first-order valence-electron chi connectivity index (χ1n) is 9.52. The van der Waals surface area contributed by atoms with E-state index in [-0.39, 0.29) is 5.91 Å². The highest BCUT2D eigenvalue weighted by atomic mass is 16.1. The summed E-state index contributed by atoms with van der Waals surface area (Å²) in [5.41, 5.74) is 3.56. The van der Waals surface area contributed by atoms with Gasteiger partial charge < -0.3 is 9.88 Å². The van der Waals surface area contributed by atoms with Gasteiger partial charge in [0.1, 0.15) is 5.69 Å². The summed E-state index contributed by atoms with van der Waals surface area (Å²) in [6, 6.07) is 19.4. The molecule has 0 unspecified atom stereocenters. The summed E-state index contributed by atoms with van der Waals surface area (Å²) in [6.07, 6.45) is 8.86. The zero-order chi connectivity index (χ0) is 20.3. The summed E-state index contributed by atoms with van der Waals surface area (Å²) < 4.78 is 3.89. The second-order valence-corrected chi connectivity index (χ2v) is 6.85. The Morgan fingerprint density at radius 1 is 1.00 bits per heavy atom. The fourth-order valence-corrected chi connectivity index (χ4v) is 3.37. The fraction of sp³-hybridized carbons (Fsp3) is 0.0435. The van der Waals surface area contributed by atoms with Crippen molar-refractivity contribution in [2.24, 2.45) is 0 Å². The monoisotopic (exact) mass is 394 g/mol. The highest BCUT2D eigenvalue weighted by molar-refractivity contribution is 6.08. The highest BCUT2D eigenvalue weighted by Gasteiger charge is 2.19. The molecule has 0 bridgehead atoms. The molecule has 0 aliphatic carbocycles. The lowest BCUT2D eigenvalue weighted by molar-refractivity contribution is 0.102. The van der Waals surface area contributed by atoms with Crippen LogP contribution in [-0.2, 0) is 6.54 Å². The van der Waals surface area contributed by atoms with Crippen molar-refractivity contribution in [3.8, 4) is 11.5 Å².